The first-order valence-corrected chi connectivity index (χ1v) is 10.8. The van der Waals surface area contributed by atoms with Crippen LogP contribution in [0.25, 0.3) is 0 Å². The number of hydrogen-bond acceptors (Lipinski definition) is 5. The third-order valence-electron chi connectivity index (χ3n) is 6.29. The van der Waals surface area contributed by atoms with Crippen LogP contribution in [0.2, 0.25) is 0 Å². The molecule has 0 radical (unpaired) electrons. The van der Waals surface area contributed by atoms with Crippen molar-refractivity contribution in [2.45, 2.75) is 44.5 Å². The Balaban J connectivity index is 1.23. The zero-order valence-electron chi connectivity index (χ0n) is 17.9. The highest BCUT2D eigenvalue weighted by Gasteiger charge is 2.38. The number of morpholine rings is 1. The third-order valence-corrected chi connectivity index (χ3v) is 6.29. The summed E-state index contributed by atoms with van der Waals surface area (Å²) in [5, 5.41) is 2.90. The second kappa shape index (κ2) is 9.13. The maximum Gasteiger partial charge on any atom is 0.433 e. The molecule has 3 saturated heterocycles. The van der Waals surface area contributed by atoms with Gasteiger partial charge in [-0.15, -0.1) is 0 Å². The summed E-state index contributed by atoms with van der Waals surface area (Å²) in [6, 6.07) is 1.15. The summed E-state index contributed by atoms with van der Waals surface area (Å²) >= 11 is 0. The standard InChI is InChI=1S/C21H27F3N4O4/c1-13-8-15(9-25-19(13)21(22,23)24)31-11-14-2-5-27(6-3-14)20(30)28-7-4-17-16(10-28)26-18(29)12-32-17/h8-9,14,16-17H,2-7,10-12H2,1H3,(H,26,29)/t16-,17+/m1/s1. The molecule has 0 aliphatic carbocycles. The number of hydrogen-bond donors (Lipinski definition) is 1. The zero-order valence-corrected chi connectivity index (χ0v) is 17.9. The number of aromatic nitrogens is 1. The molecule has 0 spiro atoms. The second-order valence-electron chi connectivity index (χ2n) is 8.62. The highest BCUT2D eigenvalue weighted by molar-refractivity contribution is 5.79. The molecule has 0 saturated carbocycles. The number of ether oxygens (including phenoxy) is 2. The summed E-state index contributed by atoms with van der Waals surface area (Å²) < 4.78 is 49.7. The fourth-order valence-electron chi connectivity index (χ4n) is 4.50. The topological polar surface area (TPSA) is 84.0 Å². The average Bonchev–Trinajstić information content (AvgIpc) is 2.76. The number of likely N-dealkylation sites (tertiary alicyclic amines) is 2. The number of piperidine rings is 2. The van der Waals surface area contributed by atoms with E-state index in [1.165, 1.54) is 13.0 Å². The Hall–Kier alpha value is -2.56. The van der Waals surface area contributed by atoms with Gasteiger partial charge in [0.2, 0.25) is 5.91 Å². The van der Waals surface area contributed by atoms with Crippen LogP contribution >= 0.6 is 0 Å². The number of aryl methyl sites for hydroxylation is 1. The normalized spacial score (nSPS) is 24.7. The number of alkyl halides is 3. The Bertz CT molecular complexity index is 858. The van der Waals surface area contributed by atoms with Crippen molar-refractivity contribution >= 4 is 11.9 Å². The average molecular weight is 456 g/mol. The number of amides is 3. The first-order chi connectivity index (χ1) is 15.2. The van der Waals surface area contributed by atoms with Gasteiger partial charge >= 0.3 is 12.2 Å². The lowest BCUT2D eigenvalue weighted by atomic mass is 9.97. The smallest absolute Gasteiger partial charge is 0.433 e. The largest absolute Gasteiger partial charge is 0.492 e. The van der Waals surface area contributed by atoms with E-state index in [2.05, 4.69) is 10.3 Å². The summed E-state index contributed by atoms with van der Waals surface area (Å²) in [6.07, 6.45) is -1.22. The van der Waals surface area contributed by atoms with E-state index in [1.54, 1.807) is 4.90 Å². The van der Waals surface area contributed by atoms with E-state index in [4.69, 9.17) is 9.47 Å². The maximum absolute atomic E-state index is 12.9. The van der Waals surface area contributed by atoms with Crippen molar-refractivity contribution < 1.29 is 32.2 Å². The minimum Gasteiger partial charge on any atom is -0.492 e. The van der Waals surface area contributed by atoms with Gasteiger partial charge in [0.15, 0.2) is 0 Å². The highest BCUT2D eigenvalue weighted by Crippen LogP contribution is 2.31. The van der Waals surface area contributed by atoms with Crippen molar-refractivity contribution in [2.24, 2.45) is 5.92 Å². The molecule has 3 aliphatic rings. The Morgan fingerprint density at radius 2 is 1.97 bits per heavy atom. The predicted octanol–water partition coefficient (Wildman–Crippen LogP) is 2.21. The van der Waals surface area contributed by atoms with Gasteiger partial charge in [0, 0.05) is 26.2 Å². The number of halogens is 3. The maximum atomic E-state index is 12.9. The molecule has 1 N–H and O–H groups in total. The van der Waals surface area contributed by atoms with Crippen molar-refractivity contribution in [2.75, 3.05) is 39.4 Å². The minimum atomic E-state index is -4.48. The van der Waals surface area contributed by atoms with Gasteiger partial charge in [-0.05, 0) is 43.7 Å². The van der Waals surface area contributed by atoms with Crippen molar-refractivity contribution in [1.29, 1.82) is 0 Å². The van der Waals surface area contributed by atoms with E-state index >= 15 is 0 Å². The summed E-state index contributed by atoms with van der Waals surface area (Å²) in [5.41, 5.74) is -0.876. The van der Waals surface area contributed by atoms with Gasteiger partial charge in [0.1, 0.15) is 18.1 Å². The van der Waals surface area contributed by atoms with Crippen molar-refractivity contribution in [3.8, 4) is 5.75 Å². The summed E-state index contributed by atoms with van der Waals surface area (Å²) in [5.74, 6) is 0.367. The van der Waals surface area contributed by atoms with Gasteiger partial charge in [-0.3, -0.25) is 4.79 Å². The number of carbonyl (C=O) groups is 2. The molecule has 4 heterocycles. The Morgan fingerprint density at radius 1 is 1.25 bits per heavy atom. The van der Waals surface area contributed by atoms with E-state index in [0.29, 0.717) is 45.0 Å². The third kappa shape index (κ3) is 5.08. The lowest BCUT2D eigenvalue weighted by molar-refractivity contribution is -0.141. The van der Waals surface area contributed by atoms with E-state index in [0.717, 1.165) is 19.0 Å². The van der Waals surface area contributed by atoms with E-state index < -0.39 is 11.9 Å². The first-order valence-electron chi connectivity index (χ1n) is 10.8. The second-order valence-corrected chi connectivity index (χ2v) is 8.62. The minimum absolute atomic E-state index is 0.0266. The number of nitrogens with zero attached hydrogens (tertiary/aromatic N) is 3. The first kappa shape index (κ1) is 22.6. The van der Waals surface area contributed by atoms with Gasteiger partial charge in [0.25, 0.3) is 0 Å². The number of rotatable bonds is 3. The van der Waals surface area contributed by atoms with Crippen LogP contribution in [0, 0.1) is 12.8 Å². The fourth-order valence-corrected chi connectivity index (χ4v) is 4.50. The molecular formula is C21H27F3N4O4. The molecule has 4 rings (SSSR count). The van der Waals surface area contributed by atoms with Gasteiger partial charge in [-0.1, -0.05) is 0 Å². The molecule has 1 aromatic heterocycles. The molecule has 3 amide bonds. The molecule has 32 heavy (non-hydrogen) atoms. The van der Waals surface area contributed by atoms with E-state index in [-0.39, 0.29) is 42.2 Å². The molecule has 0 unspecified atom stereocenters. The summed E-state index contributed by atoms with van der Waals surface area (Å²) in [4.78, 5) is 31.5. The summed E-state index contributed by atoms with van der Waals surface area (Å²) in [6.45, 7) is 4.02. The lowest BCUT2D eigenvalue weighted by Gasteiger charge is -2.43. The Kier molecular flexibility index (Phi) is 6.45. The Morgan fingerprint density at radius 3 is 2.66 bits per heavy atom. The molecule has 11 heteroatoms. The van der Waals surface area contributed by atoms with Crippen molar-refractivity contribution in [3.05, 3.63) is 23.5 Å². The molecular weight excluding hydrogens is 429 g/mol. The van der Waals surface area contributed by atoms with Crippen LogP contribution in [0.4, 0.5) is 18.0 Å². The van der Waals surface area contributed by atoms with Gasteiger partial charge in [-0.2, -0.15) is 13.2 Å². The van der Waals surface area contributed by atoms with Crippen LogP contribution < -0.4 is 10.1 Å². The fraction of sp³-hybridized carbons (Fsp3) is 0.667. The predicted molar refractivity (Wildman–Crippen MR) is 107 cm³/mol. The number of urea groups is 1. The van der Waals surface area contributed by atoms with Gasteiger partial charge in [-0.25, -0.2) is 9.78 Å². The molecule has 176 valence electrons. The summed E-state index contributed by atoms with van der Waals surface area (Å²) in [7, 11) is 0. The van der Waals surface area contributed by atoms with Crippen LogP contribution in [0.1, 0.15) is 30.5 Å². The highest BCUT2D eigenvalue weighted by atomic mass is 19.4. The monoisotopic (exact) mass is 456 g/mol. The molecule has 8 nitrogen and oxygen atoms in total. The van der Waals surface area contributed by atoms with Crippen LogP contribution in [-0.4, -0.2) is 78.3 Å². The van der Waals surface area contributed by atoms with Crippen molar-refractivity contribution in [3.63, 3.8) is 0 Å². The molecule has 1 aromatic rings. The number of pyridine rings is 1. The number of fused-ring (bicyclic) bond motifs is 1. The van der Waals surface area contributed by atoms with E-state index in [1.807, 2.05) is 4.90 Å². The van der Waals surface area contributed by atoms with Crippen LogP contribution in [0.5, 0.6) is 5.75 Å². The van der Waals surface area contributed by atoms with Gasteiger partial charge < -0.3 is 24.6 Å². The lowest BCUT2D eigenvalue weighted by Crippen LogP contribution is -2.62. The molecule has 0 aromatic carbocycles. The molecule has 2 atom stereocenters. The number of nitrogens with one attached hydrogen (secondary N) is 1. The van der Waals surface area contributed by atoms with Crippen LogP contribution in [-0.2, 0) is 15.7 Å². The van der Waals surface area contributed by atoms with E-state index in [9.17, 15) is 22.8 Å². The van der Waals surface area contributed by atoms with Crippen molar-refractivity contribution in [1.82, 2.24) is 20.1 Å². The molecule has 3 fully saturated rings. The Labute approximate surface area is 184 Å². The van der Waals surface area contributed by atoms with Crippen LogP contribution in [0.15, 0.2) is 12.3 Å². The number of carbonyl (C=O) groups excluding carboxylic acids is 2. The SMILES string of the molecule is Cc1cc(OCC2CCN(C(=O)N3CC[C@@H]4OCC(=O)N[C@@H]4C3)CC2)cnc1C(F)(F)F. The quantitative estimate of drug-likeness (QED) is 0.754. The molecule has 0 bridgehead atoms. The zero-order chi connectivity index (χ0) is 22.9. The van der Waals surface area contributed by atoms with Gasteiger partial charge in [0.05, 0.1) is 24.9 Å². The molecule has 3 aliphatic heterocycles. The van der Waals surface area contributed by atoms with Crippen LogP contribution in [0.3, 0.4) is 0 Å².